The van der Waals surface area contributed by atoms with Crippen LogP contribution in [-0.2, 0) is 10.0 Å². The molecule has 0 unspecified atom stereocenters. The highest BCUT2D eigenvalue weighted by atomic mass is 35.5. The summed E-state index contributed by atoms with van der Waals surface area (Å²) in [4.78, 5) is 32.0. The number of non-ortho nitro benzene ring substituents is 1. The van der Waals surface area contributed by atoms with Crippen molar-refractivity contribution < 1.29 is 18.4 Å². The van der Waals surface area contributed by atoms with Crippen LogP contribution in [0.1, 0.15) is 22.9 Å². The van der Waals surface area contributed by atoms with Gasteiger partial charge < -0.3 is 10.1 Å². The summed E-state index contributed by atoms with van der Waals surface area (Å²) in [5, 5.41) is 26.2. The molecular weight excluding hydrogens is 510 g/mol. The number of aliphatic hydroxyl groups excluding tert-OH is 1. The lowest BCUT2D eigenvalue weighted by atomic mass is 10.0. The summed E-state index contributed by atoms with van der Waals surface area (Å²) in [5.74, 6) is 0. The minimum atomic E-state index is -4.17. The first-order chi connectivity index (χ1) is 17.1. The number of aliphatic hydroxyl groups is 1. The number of aryl methyl sites for hydroxylation is 1. The molecule has 0 amide bonds. The number of H-pyrrole nitrogens is 1. The lowest BCUT2D eigenvalue weighted by molar-refractivity contribution is -0.384. The van der Waals surface area contributed by atoms with Crippen LogP contribution in [0.5, 0.6) is 0 Å². The van der Waals surface area contributed by atoms with E-state index in [1.54, 1.807) is 31.2 Å². The standard InChI is InChI=1S/C23H18ClN5O6S/c1-13-6-9-15(10-7-13)36(34,35)28-27-20(22(30)16-4-2-3-5-17(16)24)21-23(31)26-19-12-14(29(32)33)8-11-18(19)25-21/h2-12,22,28,30H,1H3,(H,26,31)/b27-20-/t22-/m1/s1. The Morgan fingerprint density at radius 2 is 1.86 bits per heavy atom. The maximum Gasteiger partial charge on any atom is 0.276 e. The van der Waals surface area contributed by atoms with Crippen LogP contribution in [0.3, 0.4) is 0 Å². The third-order valence-corrected chi connectivity index (χ3v) is 6.77. The van der Waals surface area contributed by atoms with E-state index in [0.29, 0.717) is 0 Å². The molecule has 1 aromatic heterocycles. The number of nitro groups is 1. The molecule has 0 aliphatic carbocycles. The lowest BCUT2D eigenvalue weighted by Crippen LogP contribution is -2.29. The summed E-state index contributed by atoms with van der Waals surface area (Å²) in [6, 6.07) is 15.8. The van der Waals surface area contributed by atoms with Gasteiger partial charge in [-0.2, -0.15) is 18.4 Å². The number of hydrazone groups is 1. The predicted molar refractivity (Wildman–Crippen MR) is 133 cm³/mol. The maximum atomic E-state index is 12.9. The zero-order valence-electron chi connectivity index (χ0n) is 18.5. The van der Waals surface area contributed by atoms with E-state index in [1.165, 1.54) is 36.4 Å². The number of aromatic nitrogens is 2. The van der Waals surface area contributed by atoms with Crippen molar-refractivity contribution in [1.29, 1.82) is 0 Å². The highest BCUT2D eigenvalue weighted by Crippen LogP contribution is 2.26. The minimum Gasteiger partial charge on any atom is -0.382 e. The Bertz CT molecular complexity index is 1670. The molecule has 13 heteroatoms. The van der Waals surface area contributed by atoms with E-state index in [1.807, 2.05) is 4.83 Å². The second kappa shape index (κ2) is 9.85. The molecule has 1 heterocycles. The van der Waals surface area contributed by atoms with Gasteiger partial charge in [0.25, 0.3) is 21.3 Å². The van der Waals surface area contributed by atoms with Gasteiger partial charge in [-0.1, -0.05) is 47.5 Å². The van der Waals surface area contributed by atoms with Crippen molar-refractivity contribution in [3.63, 3.8) is 0 Å². The molecule has 0 aliphatic heterocycles. The quantitative estimate of drug-likeness (QED) is 0.188. The fourth-order valence-electron chi connectivity index (χ4n) is 3.33. The number of hydrogen-bond donors (Lipinski definition) is 3. The molecule has 4 rings (SSSR count). The van der Waals surface area contributed by atoms with Crippen molar-refractivity contribution in [2.45, 2.75) is 17.9 Å². The van der Waals surface area contributed by atoms with Gasteiger partial charge in [-0.25, -0.2) is 4.98 Å². The number of sulfonamides is 1. The first-order valence-electron chi connectivity index (χ1n) is 10.3. The van der Waals surface area contributed by atoms with E-state index in [-0.39, 0.29) is 32.2 Å². The number of fused-ring (bicyclic) bond motifs is 1. The van der Waals surface area contributed by atoms with E-state index in [0.717, 1.165) is 11.6 Å². The number of rotatable bonds is 7. The number of aromatic amines is 1. The van der Waals surface area contributed by atoms with Crippen molar-refractivity contribution in [1.82, 2.24) is 14.8 Å². The molecule has 0 saturated carbocycles. The summed E-state index contributed by atoms with van der Waals surface area (Å²) in [6.45, 7) is 1.80. The molecule has 1 atom stereocenters. The zero-order valence-corrected chi connectivity index (χ0v) is 20.1. The molecule has 0 bridgehead atoms. The van der Waals surface area contributed by atoms with Crippen LogP contribution in [0.15, 0.2) is 81.5 Å². The van der Waals surface area contributed by atoms with Crippen LogP contribution in [0.2, 0.25) is 5.02 Å². The van der Waals surface area contributed by atoms with Crippen LogP contribution in [0, 0.1) is 17.0 Å². The molecule has 0 saturated heterocycles. The van der Waals surface area contributed by atoms with Crippen molar-refractivity contribution in [2.24, 2.45) is 5.10 Å². The van der Waals surface area contributed by atoms with Gasteiger partial charge in [-0.3, -0.25) is 14.9 Å². The molecule has 3 N–H and O–H groups in total. The van der Waals surface area contributed by atoms with Gasteiger partial charge >= 0.3 is 0 Å². The van der Waals surface area contributed by atoms with Crippen LogP contribution < -0.4 is 10.4 Å². The summed E-state index contributed by atoms with van der Waals surface area (Å²) in [5.41, 5.74) is -0.737. The largest absolute Gasteiger partial charge is 0.382 e. The van der Waals surface area contributed by atoms with Crippen LogP contribution in [-0.4, -0.2) is 34.1 Å². The second-order valence-electron chi connectivity index (χ2n) is 7.70. The van der Waals surface area contributed by atoms with Gasteiger partial charge in [0.2, 0.25) is 0 Å². The van der Waals surface area contributed by atoms with Crippen molar-refractivity contribution in [3.05, 3.63) is 109 Å². The molecule has 0 spiro atoms. The van der Waals surface area contributed by atoms with E-state index >= 15 is 0 Å². The van der Waals surface area contributed by atoms with Crippen LogP contribution in [0.25, 0.3) is 11.0 Å². The second-order valence-corrected chi connectivity index (χ2v) is 9.77. The van der Waals surface area contributed by atoms with Gasteiger partial charge in [-0.05, 0) is 31.2 Å². The molecule has 184 valence electrons. The van der Waals surface area contributed by atoms with Crippen LogP contribution in [0.4, 0.5) is 5.69 Å². The Morgan fingerprint density at radius 3 is 2.53 bits per heavy atom. The molecule has 0 aliphatic rings. The van der Waals surface area contributed by atoms with Crippen molar-refractivity contribution >= 4 is 44.1 Å². The average molecular weight is 528 g/mol. The van der Waals surface area contributed by atoms with Gasteiger partial charge in [0.1, 0.15) is 11.8 Å². The highest BCUT2D eigenvalue weighted by Gasteiger charge is 2.26. The lowest BCUT2D eigenvalue weighted by Gasteiger charge is -2.15. The summed E-state index contributed by atoms with van der Waals surface area (Å²) in [7, 11) is -4.17. The Kier molecular flexibility index (Phi) is 6.84. The summed E-state index contributed by atoms with van der Waals surface area (Å²) >= 11 is 6.21. The molecule has 11 nitrogen and oxygen atoms in total. The summed E-state index contributed by atoms with van der Waals surface area (Å²) < 4.78 is 25.6. The summed E-state index contributed by atoms with van der Waals surface area (Å²) in [6.07, 6.45) is -1.65. The molecule has 36 heavy (non-hydrogen) atoms. The smallest absolute Gasteiger partial charge is 0.276 e. The number of hydrogen-bond acceptors (Lipinski definition) is 8. The Morgan fingerprint density at radius 1 is 1.17 bits per heavy atom. The maximum absolute atomic E-state index is 12.9. The first-order valence-corrected chi connectivity index (χ1v) is 12.2. The average Bonchev–Trinajstić information content (AvgIpc) is 2.84. The minimum absolute atomic E-state index is 0.0739. The van der Waals surface area contributed by atoms with Gasteiger partial charge in [0, 0.05) is 22.7 Å². The van der Waals surface area contributed by atoms with Crippen molar-refractivity contribution in [2.75, 3.05) is 0 Å². The molecule has 4 aromatic rings. The van der Waals surface area contributed by atoms with Gasteiger partial charge in [0.15, 0.2) is 5.69 Å². The molecule has 0 fully saturated rings. The third-order valence-electron chi connectivity index (χ3n) is 5.21. The number of nitro benzene ring substituents is 1. The fraction of sp³-hybridized carbons (Fsp3) is 0.0870. The van der Waals surface area contributed by atoms with E-state index in [4.69, 9.17) is 11.6 Å². The van der Waals surface area contributed by atoms with Crippen molar-refractivity contribution in [3.8, 4) is 0 Å². The molecule has 3 aromatic carbocycles. The molecular formula is C23H18ClN5O6S. The predicted octanol–water partition coefficient (Wildman–Crippen LogP) is 3.21. The third kappa shape index (κ3) is 5.10. The Balaban J connectivity index is 1.86. The number of halogens is 1. The van der Waals surface area contributed by atoms with Gasteiger partial charge in [-0.15, -0.1) is 0 Å². The number of nitrogens with zero attached hydrogens (tertiary/aromatic N) is 3. The highest BCUT2D eigenvalue weighted by molar-refractivity contribution is 7.89. The monoisotopic (exact) mass is 527 g/mol. The van der Waals surface area contributed by atoms with E-state index in [2.05, 4.69) is 15.1 Å². The SMILES string of the molecule is Cc1ccc(S(=O)(=O)N/N=C(/c2nc3ccc([N+](=O)[O-])cc3[nH]c2=O)[C@H](O)c2ccccc2Cl)cc1. The normalized spacial score (nSPS) is 12.9. The topological polar surface area (TPSA) is 168 Å². The number of benzene rings is 3. The first kappa shape index (κ1) is 25.0. The zero-order chi connectivity index (χ0) is 26.0. The van der Waals surface area contributed by atoms with E-state index < -0.39 is 38.0 Å². The van der Waals surface area contributed by atoms with E-state index in [9.17, 15) is 28.4 Å². The van der Waals surface area contributed by atoms with Gasteiger partial charge in [0.05, 0.1) is 20.9 Å². The number of nitrogens with one attached hydrogen (secondary N) is 2. The fourth-order valence-corrected chi connectivity index (χ4v) is 4.39. The van der Waals surface area contributed by atoms with Crippen LogP contribution >= 0.6 is 11.6 Å². The Labute approximate surface area is 209 Å². The Hall–Kier alpha value is -4.13. The molecule has 0 radical (unpaired) electrons.